The molecule has 0 aromatic heterocycles. The second-order valence-electron chi connectivity index (χ2n) is 2.90. The van der Waals surface area contributed by atoms with Crippen molar-refractivity contribution >= 4 is 12.4 Å². The molecule has 0 atom stereocenters. The number of aromatic hydroxyl groups is 1. The highest BCUT2D eigenvalue weighted by Gasteiger charge is 1.95. The Hall–Kier alpha value is -2.35. The van der Waals surface area contributed by atoms with Gasteiger partial charge in [-0.3, -0.25) is 0 Å². The number of allylic oxidation sites excluding steroid dienone is 5. The van der Waals surface area contributed by atoms with Gasteiger partial charge in [-0.1, -0.05) is 56.9 Å². The average molecular weight is 274 g/mol. The van der Waals surface area contributed by atoms with E-state index in [0.717, 1.165) is 11.1 Å². The number of hydrogen-bond acceptors (Lipinski definition) is 2. The Morgan fingerprint density at radius 1 is 1.10 bits per heavy atom. The average Bonchev–Trinajstić information content (AvgIpc) is 2.54. The van der Waals surface area contributed by atoms with Crippen LogP contribution in [0.5, 0.6) is 5.75 Å². The highest BCUT2D eigenvalue weighted by atomic mass is 16.3. The Balaban J connectivity index is -0.000000425. The molecule has 0 bridgehead atoms. The molecular weight excluding hydrogens is 248 g/mol. The van der Waals surface area contributed by atoms with Crippen molar-refractivity contribution in [3.05, 3.63) is 73.9 Å². The first kappa shape index (κ1) is 22.8. The first-order chi connectivity index (χ1) is 9.77. The Labute approximate surface area is 123 Å². The van der Waals surface area contributed by atoms with Crippen LogP contribution < -0.4 is 0 Å². The molecule has 2 heteroatoms. The van der Waals surface area contributed by atoms with Crippen molar-refractivity contribution in [2.45, 2.75) is 20.8 Å². The molecule has 0 unspecified atom stereocenters. The summed E-state index contributed by atoms with van der Waals surface area (Å²) in [7, 11) is 0. The molecule has 1 aromatic rings. The molecule has 0 saturated heterocycles. The third-order valence-corrected chi connectivity index (χ3v) is 1.84. The Morgan fingerprint density at radius 3 is 1.90 bits per heavy atom. The summed E-state index contributed by atoms with van der Waals surface area (Å²) in [6.45, 7) is 17.6. The van der Waals surface area contributed by atoms with Crippen LogP contribution >= 0.6 is 0 Å². The van der Waals surface area contributed by atoms with Crippen LogP contribution in [0.1, 0.15) is 26.3 Å². The van der Waals surface area contributed by atoms with Crippen LogP contribution in [0.15, 0.2) is 68.3 Å². The lowest BCUT2D eigenvalue weighted by molar-refractivity contribution is -0.0979. The number of rotatable bonds is 3. The second kappa shape index (κ2) is 19.0. The normalized spacial score (nSPS) is 9.05. The predicted octanol–water partition coefficient (Wildman–Crippen LogP) is 5.18. The maximum Gasteiger partial charge on any atom is 0.115 e. The summed E-state index contributed by atoms with van der Waals surface area (Å²) in [6.07, 6.45) is 7.67. The zero-order chi connectivity index (χ0) is 16.4. The lowest BCUT2D eigenvalue weighted by Crippen LogP contribution is -1.79. The van der Waals surface area contributed by atoms with Crippen LogP contribution in [0.25, 0.3) is 5.57 Å². The number of hydrogen-bond donors (Lipinski definition) is 1. The van der Waals surface area contributed by atoms with Crippen molar-refractivity contribution in [1.29, 1.82) is 0 Å². The smallest absolute Gasteiger partial charge is 0.115 e. The molecule has 1 rings (SSSR count). The van der Waals surface area contributed by atoms with Crippen LogP contribution in [0.4, 0.5) is 0 Å². The molecule has 110 valence electrons. The van der Waals surface area contributed by atoms with Crippen molar-refractivity contribution in [1.82, 2.24) is 0 Å². The molecule has 0 spiro atoms. The van der Waals surface area contributed by atoms with Crippen LogP contribution in [-0.2, 0) is 4.79 Å². The van der Waals surface area contributed by atoms with Gasteiger partial charge in [0.25, 0.3) is 0 Å². The minimum Gasteiger partial charge on any atom is -0.508 e. The highest BCUT2D eigenvalue weighted by Crippen LogP contribution is 2.19. The van der Waals surface area contributed by atoms with Gasteiger partial charge in [0.1, 0.15) is 12.5 Å². The van der Waals surface area contributed by atoms with Crippen molar-refractivity contribution < 1.29 is 9.90 Å². The minimum absolute atomic E-state index is 0.284. The lowest BCUT2D eigenvalue weighted by atomic mass is 10.1. The number of carbonyl (C=O) groups is 1. The van der Waals surface area contributed by atoms with Gasteiger partial charge < -0.3 is 9.90 Å². The number of phenolic OH excluding ortho intramolecular Hbond substituents is 1. The SMILES string of the molecule is C=C.C=C/C=C(\C=C/C)c1ccc(O)cc1.C=O.CC. The van der Waals surface area contributed by atoms with E-state index in [9.17, 15) is 0 Å². The molecule has 0 aliphatic rings. The quantitative estimate of drug-likeness (QED) is 0.609. The van der Waals surface area contributed by atoms with E-state index in [0.29, 0.717) is 0 Å². The predicted molar refractivity (Wildman–Crippen MR) is 90.8 cm³/mol. The fourth-order valence-corrected chi connectivity index (χ4v) is 1.21. The van der Waals surface area contributed by atoms with E-state index in [1.807, 2.05) is 57.9 Å². The molecule has 0 amide bonds. The van der Waals surface area contributed by atoms with Crippen molar-refractivity contribution in [2.24, 2.45) is 0 Å². The van der Waals surface area contributed by atoms with Gasteiger partial charge in [0.15, 0.2) is 0 Å². The van der Waals surface area contributed by atoms with Gasteiger partial charge in [-0.05, 0) is 30.2 Å². The first-order valence-corrected chi connectivity index (χ1v) is 6.31. The van der Waals surface area contributed by atoms with Gasteiger partial charge in [0, 0.05) is 0 Å². The van der Waals surface area contributed by atoms with Crippen LogP contribution in [0.2, 0.25) is 0 Å². The molecule has 1 N–H and O–H groups in total. The van der Waals surface area contributed by atoms with E-state index in [2.05, 4.69) is 19.7 Å². The molecular formula is C18H26O2. The summed E-state index contributed by atoms with van der Waals surface area (Å²) in [6, 6.07) is 7.11. The molecule has 0 aliphatic carbocycles. The fraction of sp³-hybridized carbons (Fsp3) is 0.167. The Morgan fingerprint density at radius 2 is 1.55 bits per heavy atom. The third-order valence-electron chi connectivity index (χ3n) is 1.84. The lowest BCUT2D eigenvalue weighted by Gasteiger charge is -2.01. The molecule has 0 heterocycles. The monoisotopic (exact) mass is 274 g/mol. The van der Waals surface area contributed by atoms with Crippen LogP contribution in [-0.4, -0.2) is 11.9 Å². The summed E-state index contributed by atoms with van der Waals surface area (Å²) in [5, 5.41) is 9.14. The van der Waals surface area contributed by atoms with E-state index < -0.39 is 0 Å². The minimum atomic E-state index is 0.284. The molecule has 0 saturated carbocycles. The van der Waals surface area contributed by atoms with Gasteiger partial charge in [-0.2, -0.15) is 0 Å². The second-order valence-corrected chi connectivity index (χ2v) is 2.90. The van der Waals surface area contributed by atoms with Crippen LogP contribution in [0, 0.1) is 0 Å². The Bertz CT molecular complexity index is 384. The molecule has 0 aliphatic heterocycles. The van der Waals surface area contributed by atoms with Gasteiger partial charge in [0.2, 0.25) is 0 Å². The molecule has 20 heavy (non-hydrogen) atoms. The van der Waals surface area contributed by atoms with Crippen LogP contribution in [0.3, 0.4) is 0 Å². The van der Waals surface area contributed by atoms with E-state index in [4.69, 9.17) is 9.90 Å². The maximum atomic E-state index is 9.14. The maximum absolute atomic E-state index is 9.14. The third kappa shape index (κ3) is 10.8. The fourth-order valence-electron chi connectivity index (χ4n) is 1.21. The largest absolute Gasteiger partial charge is 0.508 e. The molecule has 2 nitrogen and oxygen atoms in total. The summed E-state index contributed by atoms with van der Waals surface area (Å²) >= 11 is 0. The summed E-state index contributed by atoms with van der Waals surface area (Å²) in [4.78, 5) is 8.00. The van der Waals surface area contributed by atoms with Gasteiger partial charge in [0.05, 0.1) is 0 Å². The van der Waals surface area contributed by atoms with Gasteiger partial charge >= 0.3 is 0 Å². The zero-order valence-electron chi connectivity index (χ0n) is 12.8. The van der Waals surface area contributed by atoms with Crippen molar-refractivity contribution in [3.63, 3.8) is 0 Å². The molecule has 0 radical (unpaired) electrons. The van der Waals surface area contributed by atoms with E-state index in [1.54, 1.807) is 18.2 Å². The number of phenols is 1. The van der Waals surface area contributed by atoms with E-state index in [-0.39, 0.29) is 5.75 Å². The topological polar surface area (TPSA) is 37.3 Å². The van der Waals surface area contributed by atoms with E-state index >= 15 is 0 Å². The number of benzene rings is 1. The van der Waals surface area contributed by atoms with Gasteiger partial charge in [-0.15, -0.1) is 13.2 Å². The number of carbonyl (C=O) groups excluding carboxylic acids is 1. The first-order valence-electron chi connectivity index (χ1n) is 6.31. The van der Waals surface area contributed by atoms with Crippen molar-refractivity contribution in [3.8, 4) is 5.75 Å². The molecule has 0 fully saturated rings. The summed E-state index contributed by atoms with van der Waals surface area (Å²) in [5.41, 5.74) is 2.16. The zero-order valence-corrected chi connectivity index (χ0v) is 12.8. The van der Waals surface area contributed by atoms with Crippen molar-refractivity contribution in [2.75, 3.05) is 0 Å². The summed E-state index contributed by atoms with van der Waals surface area (Å²) < 4.78 is 0. The standard InChI is InChI=1S/C13H14O.C2H6.C2H4.CH2O/c1-3-5-11(6-4-2)12-7-9-13(14)10-8-12;3*1-2/h3-10,14H,1H2,2H3;1-2H3;1-2H2;1H2/b6-4-,11-5+;;;. The Kier molecular flexibility index (Phi) is 21.7. The van der Waals surface area contributed by atoms with E-state index in [1.165, 1.54) is 0 Å². The molecule has 1 aromatic carbocycles. The van der Waals surface area contributed by atoms with Gasteiger partial charge in [-0.25, -0.2) is 0 Å². The summed E-state index contributed by atoms with van der Waals surface area (Å²) in [5.74, 6) is 0.284. The highest BCUT2D eigenvalue weighted by molar-refractivity contribution is 5.75.